The minimum absolute atomic E-state index is 0.291. The number of ether oxygens (including phenoxy) is 1. The van der Waals surface area contributed by atoms with Crippen LogP contribution in [0, 0.1) is 6.92 Å². The van der Waals surface area contributed by atoms with Crippen LogP contribution in [0.1, 0.15) is 18.4 Å². The Kier molecular flexibility index (Phi) is 4.28. The van der Waals surface area contributed by atoms with E-state index in [1.807, 2.05) is 55.5 Å². The van der Waals surface area contributed by atoms with Gasteiger partial charge in [0.2, 0.25) is 0 Å². The molecule has 0 saturated carbocycles. The molecular weight excluding hydrogens is 278 g/mol. The van der Waals surface area contributed by atoms with Crippen LogP contribution in [0.3, 0.4) is 0 Å². The molecule has 0 amide bonds. The smallest absolute Gasteiger partial charge is 0.419 e. The molecule has 0 aliphatic carbocycles. The lowest BCUT2D eigenvalue weighted by atomic mass is 10.2. The first-order valence-electron chi connectivity index (χ1n) is 7.52. The molecule has 0 fully saturated rings. The number of unbranched alkanes of at least 4 members (excludes halogenated alkanes) is 1. The highest BCUT2D eigenvalue weighted by atomic mass is 16.5. The highest BCUT2D eigenvalue weighted by molar-refractivity contribution is 5.72. The molecule has 0 N–H and O–H groups in total. The van der Waals surface area contributed by atoms with Gasteiger partial charge in [-0.2, -0.15) is 0 Å². The fraction of sp³-hybridized carbons (Fsp3) is 0.278. The molecule has 0 aliphatic rings. The molecule has 1 heterocycles. The van der Waals surface area contributed by atoms with Crippen molar-refractivity contribution in [2.75, 3.05) is 6.61 Å². The lowest BCUT2D eigenvalue weighted by Crippen LogP contribution is -2.14. The highest BCUT2D eigenvalue weighted by Crippen LogP contribution is 2.14. The SMILES string of the molecule is Cc1cccc(OCCCCn2c(=O)oc3ccccc32)c1. The van der Waals surface area contributed by atoms with E-state index in [-0.39, 0.29) is 5.76 Å². The Hall–Kier alpha value is -2.49. The van der Waals surface area contributed by atoms with Crippen LogP contribution in [0.2, 0.25) is 0 Å². The maximum atomic E-state index is 11.8. The van der Waals surface area contributed by atoms with Gasteiger partial charge in [-0.05, 0) is 49.6 Å². The molecule has 2 aromatic carbocycles. The summed E-state index contributed by atoms with van der Waals surface area (Å²) in [6, 6.07) is 15.5. The average molecular weight is 297 g/mol. The number of aromatic nitrogens is 1. The molecule has 3 rings (SSSR count). The average Bonchev–Trinajstić information content (AvgIpc) is 2.83. The predicted molar refractivity (Wildman–Crippen MR) is 86.4 cm³/mol. The largest absolute Gasteiger partial charge is 0.494 e. The summed E-state index contributed by atoms with van der Waals surface area (Å²) in [6.07, 6.45) is 1.76. The summed E-state index contributed by atoms with van der Waals surface area (Å²) in [5, 5.41) is 0. The van der Waals surface area contributed by atoms with Gasteiger partial charge in [-0.25, -0.2) is 4.79 Å². The van der Waals surface area contributed by atoms with Crippen molar-refractivity contribution >= 4 is 11.1 Å². The third-order valence-corrected chi connectivity index (χ3v) is 3.61. The van der Waals surface area contributed by atoms with E-state index in [0.717, 1.165) is 24.1 Å². The van der Waals surface area contributed by atoms with E-state index in [2.05, 4.69) is 0 Å². The molecule has 4 nitrogen and oxygen atoms in total. The zero-order valence-electron chi connectivity index (χ0n) is 12.6. The highest BCUT2D eigenvalue weighted by Gasteiger charge is 2.07. The van der Waals surface area contributed by atoms with Gasteiger partial charge in [0.25, 0.3) is 0 Å². The number of hydrogen-bond acceptors (Lipinski definition) is 3. The Balaban J connectivity index is 1.52. The first kappa shape index (κ1) is 14.4. The van der Waals surface area contributed by atoms with Gasteiger partial charge in [0.05, 0.1) is 12.1 Å². The summed E-state index contributed by atoms with van der Waals surface area (Å²) in [4.78, 5) is 11.8. The van der Waals surface area contributed by atoms with E-state index in [0.29, 0.717) is 18.7 Å². The van der Waals surface area contributed by atoms with E-state index in [1.165, 1.54) is 5.56 Å². The summed E-state index contributed by atoms with van der Waals surface area (Å²) in [5.74, 6) is 0.603. The Morgan fingerprint density at radius 3 is 2.82 bits per heavy atom. The molecule has 0 spiro atoms. The number of benzene rings is 2. The standard InChI is InChI=1S/C18H19NO3/c1-14-7-6-8-15(13-14)21-12-5-4-11-19-16-9-2-3-10-17(16)22-18(19)20/h2-3,6-10,13H,4-5,11-12H2,1H3. The number of para-hydroxylation sites is 2. The number of rotatable bonds is 6. The van der Waals surface area contributed by atoms with E-state index in [4.69, 9.17) is 9.15 Å². The summed E-state index contributed by atoms with van der Waals surface area (Å²) in [5.41, 5.74) is 2.68. The molecule has 0 radical (unpaired) electrons. The fourth-order valence-corrected chi connectivity index (χ4v) is 2.49. The van der Waals surface area contributed by atoms with Crippen molar-refractivity contribution in [3.8, 4) is 5.75 Å². The number of aryl methyl sites for hydroxylation is 2. The Morgan fingerprint density at radius 1 is 1.09 bits per heavy atom. The van der Waals surface area contributed by atoms with Crippen LogP contribution in [0.15, 0.2) is 57.7 Å². The molecule has 3 aromatic rings. The van der Waals surface area contributed by atoms with Gasteiger partial charge in [0, 0.05) is 6.54 Å². The second-order valence-electron chi connectivity index (χ2n) is 5.36. The van der Waals surface area contributed by atoms with Crippen molar-refractivity contribution in [3.63, 3.8) is 0 Å². The maximum absolute atomic E-state index is 11.8. The fourth-order valence-electron chi connectivity index (χ4n) is 2.49. The van der Waals surface area contributed by atoms with Crippen LogP contribution >= 0.6 is 0 Å². The second-order valence-corrected chi connectivity index (χ2v) is 5.36. The molecule has 0 unspecified atom stereocenters. The van der Waals surface area contributed by atoms with Crippen molar-refractivity contribution in [1.29, 1.82) is 0 Å². The van der Waals surface area contributed by atoms with Crippen molar-refractivity contribution in [1.82, 2.24) is 4.57 Å². The lowest BCUT2D eigenvalue weighted by molar-refractivity contribution is 0.302. The van der Waals surface area contributed by atoms with Crippen molar-refractivity contribution < 1.29 is 9.15 Å². The monoisotopic (exact) mass is 297 g/mol. The van der Waals surface area contributed by atoms with E-state index >= 15 is 0 Å². The molecular formula is C18H19NO3. The third-order valence-electron chi connectivity index (χ3n) is 3.61. The molecule has 0 aliphatic heterocycles. The minimum atomic E-state index is -0.291. The number of hydrogen-bond donors (Lipinski definition) is 0. The van der Waals surface area contributed by atoms with Gasteiger partial charge in [-0.1, -0.05) is 24.3 Å². The van der Waals surface area contributed by atoms with Crippen molar-refractivity contribution in [2.45, 2.75) is 26.3 Å². The van der Waals surface area contributed by atoms with E-state index in [9.17, 15) is 4.79 Å². The van der Waals surface area contributed by atoms with Gasteiger partial charge in [-0.3, -0.25) is 4.57 Å². The van der Waals surface area contributed by atoms with Gasteiger partial charge in [0.15, 0.2) is 5.58 Å². The number of oxazole rings is 1. The summed E-state index contributed by atoms with van der Waals surface area (Å²) >= 11 is 0. The molecule has 114 valence electrons. The molecule has 0 bridgehead atoms. The topological polar surface area (TPSA) is 44.4 Å². The normalized spacial score (nSPS) is 11.0. The third kappa shape index (κ3) is 3.22. The van der Waals surface area contributed by atoms with Crippen LogP contribution in [-0.4, -0.2) is 11.2 Å². The first-order valence-corrected chi connectivity index (χ1v) is 7.52. The lowest BCUT2D eigenvalue weighted by Gasteiger charge is -2.07. The predicted octanol–water partition coefficient (Wildman–Crippen LogP) is 3.76. The van der Waals surface area contributed by atoms with Crippen LogP contribution in [0.5, 0.6) is 5.75 Å². The van der Waals surface area contributed by atoms with Gasteiger partial charge in [-0.15, -0.1) is 0 Å². The second kappa shape index (κ2) is 6.52. The molecule has 0 atom stereocenters. The Bertz CT molecular complexity index is 816. The summed E-state index contributed by atoms with van der Waals surface area (Å²) < 4.78 is 12.6. The van der Waals surface area contributed by atoms with Gasteiger partial charge >= 0.3 is 5.76 Å². The summed E-state index contributed by atoms with van der Waals surface area (Å²) in [6.45, 7) is 3.34. The van der Waals surface area contributed by atoms with Crippen LogP contribution in [-0.2, 0) is 6.54 Å². The van der Waals surface area contributed by atoms with E-state index in [1.54, 1.807) is 4.57 Å². The van der Waals surface area contributed by atoms with Gasteiger partial charge < -0.3 is 9.15 Å². The maximum Gasteiger partial charge on any atom is 0.419 e. The number of fused-ring (bicyclic) bond motifs is 1. The zero-order valence-corrected chi connectivity index (χ0v) is 12.6. The van der Waals surface area contributed by atoms with E-state index < -0.39 is 0 Å². The van der Waals surface area contributed by atoms with Crippen LogP contribution in [0.4, 0.5) is 0 Å². The Morgan fingerprint density at radius 2 is 1.95 bits per heavy atom. The minimum Gasteiger partial charge on any atom is -0.494 e. The molecule has 22 heavy (non-hydrogen) atoms. The van der Waals surface area contributed by atoms with Crippen molar-refractivity contribution in [2.24, 2.45) is 0 Å². The van der Waals surface area contributed by atoms with Crippen LogP contribution in [0.25, 0.3) is 11.1 Å². The summed E-state index contributed by atoms with van der Waals surface area (Å²) in [7, 11) is 0. The molecule has 0 saturated heterocycles. The zero-order chi connectivity index (χ0) is 15.4. The Labute approximate surface area is 128 Å². The van der Waals surface area contributed by atoms with Gasteiger partial charge in [0.1, 0.15) is 5.75 Å². The first-order chi connectivity index (χ1) is 10.7. The van der Waals surface area contributed by atoms with Crippen LogP contribution < -0.4 is 10.5 Å². The molecule has 4 heteroatoms. The number of nitrogens with zero attached hydrogens (tertiary/aromatic N) is 1. The van der Waals surface area contributed by atoms with Crippen molar-refractivity contribution in [3.05, 3.63) is 64.6 Å². The molecule has 1 aromatic heterocycles. The quantitative estimate of drug-likeness (QED) is 0.651.